The number of rotatable bonds is 5. The van der Waals surface area contributed by atoms with Gasteiger partial charge in [0, 0.05) is 11.6 Å². The fourth-order valence-corrected chi connectivity index (χ4v) is 1.24. The molecular weight excluding hydrogens is 225 g/mol. The lowest BCUT2D eigenvalue weighted by molar-refractivity contribution is -0.122. The van der Waals surface area contributed by atoms with E-state index in [4.69, 9.17) is 10.5 Å². The zero-order valence-electron chi connectivity index (χ0n) is 9.81. The van der Waals surface area contributed by atoms with Gasteiger partial charge >= 0.3 is 0 Å². The molecule has 0 saturated carbocycles. The Labute approximate surface area is 99.2 Å². The number of halogens is 1. The van der Waals surface area contributed by atoms with Crippen LogP contribution in [-0.4, -0.2) is 17.6 Å². The van der Waals surface area contributed by atoms with Crippen molar-refractivity contribution in [1.29, 1.82) is 0 Å². The van der Waals surface area contributed by atoms with E-state index in [1.54, 1.807) is 13.0 Å². The normalized spacial score (nSPS) is 14.1. The zero-order valence-corrected chi connectivity index (χ0v) is 9.81. The predicted octanol–water partition coefficient (Wildman–Crippen LogP) is 1.38. The molecule has 17 heavy (non-hydrogen) atoms. The van der Waals surface area contributed by atoms with Gasteiger partial charge in [0.2, 0.25) is 5.91 Å². The summed E-state index contributed by atoms with van der Waals surface area (Å²) in [6.45, 7) is 3.21. The molecule has 0 radical (unpaired) electrons. The Morgan fingerprint density at radius 3 is 2.65 bits per heavy atom. The number of ether oxygens (including phenoxy) is 1. The molecule has 5 heteroatoms. The highest BCUT2D eigenvalue weighted by atomic mass is 19.1. The number of aliphatic hydroxyl groups is 1. The van der Waals surface area contributed by atoms with Gasteiger partial charge in [-0.3, -0.25) is 4.79 Å². The van der Waals surface area contributed by atoms with E-state index in [1.807, 2.05) is 0 Å². The topological polar surface area (TPSA) is 72.6 Å². The summed E-state index contributed by atoms with van der Waals surface area (Å²) in [5.74, 6) is -1.13. The molecule has 0 fully saturated rings. The Bertz CT molecular complexity index is 407. The van der Waals surface area contributed by atoms with Gasteiger partial charge in [-0.25, -0.2) is 4.39 Å². The minimum absolute atomic E-state index is 0.1000. The van der Waals surface area contributed by atoms with Gasteiger partial charge in [-0.1, -0.05) is 6.92 Å². The highest BCUT2D eigenvalue weighted by Crippen LogP contribution is 2.21. The van der Waals surface area contributed by atoms with Gasteiger partial charge in [-0.2, -0.15) is 0 Å². The SMILES string of the molecule is CC(COc1ccc([C@@H](C)O)c(F)c1)C(N)=O. The van der Waals surface area contributed by atoms with Crippen LogP contribution in [-0.2, 0) is 4.79 Å². The molecule has 0 aliphatic carbocycles. The number of benzene rings is 1. The molecule has 0 aliphatic heterocycles. The molecule has 2 atom stereocenters. The van der Waals surface area contributed by atoms with E-state index < -0.39 is 23.7 Å². The van der Waals surface area contributed by atoms with E-state index >= 15 is 0 Å². The van der Waals surface area contributed by atoms with Crippen LogP contribution in [0.15, 0.2) is 18.2 Å². The molecule has 0 heterocycles. The second kappa shape index (κ2) is 5.63. The lowest BCUT2D eigenvalue weighted by atomic mass is 10.1. The molecule has 0 saturated heterocycles. The van der Waals surface area contributed by atoms with E-state index in [-0.39, 0.29) is 12.2 Å². The summed E-state index contributed by atoms with van der Waals surface area (Å²) >= 11 is 0. The van der Waals surface area contributed by atoms with Crippen molar-refractivity contribution in [2.75, 3.05) is 6.61 Å². The average Bonchev–Trinajstić information content (AvgIpc) is 2.25. The molecule has 0 bridgehead atoms. The first-order valence-electron chi connectivity index (χ1n) is 5.31. The summed E-state index contributed by atoms with van der Waals surface area (Å²) in [5, 5.41) is 9.24. The van der Waals surface area contributed by atoms with Gasteiger partial charge in [-0.15, -0.1) is 0 Å². The molecule has 1 unspecified atom stereocenters. The van der Waals surface area contributed by atoms with E-state index in [0.29, 0.717) is 5.75 Å². The van der Waals surface area contributed by atoms with Crippen LogP contribution in [0.3, 0.4) is 0 Å². The lowest BCUT2D eigenvalue weighted by Crippen LogP contribution is -2.25. The number of carbonyl (C=O) groups is 1. The molecule has 0 aliphatic rings. The van der Waals surface area contributed by atoms with Crippen molar-refractivity contribution in [2.45, 2.75) is 20.0 Å². The van der Waals surface area contributed by atoms with Gasteiger partial charge in [0.1, 0.15) is 11.6 Å². The summed E-state index contributed by atoms with van der Waals surface area (Å²) in [4.78, 5) is 10.8. The Morgan fingerprint density at radius 1 is 1.53 bits per heavy atom. The molecule has 1 aromatic carbocycles. The fourth-order valence-electron chi connectivity index (χ4n) is 1.24. The van der Waals surface area contributed by atoms with Crippen LogP contribution in [0, 0.1) is 11.7 Å². The van der Waals surface area contributed by atoms with Gasteiger partial charge in [0.25, 0.3) is 0 Å². The molecule has 1 amide bonds. The van der Waals surface area contributed by atoms with Crippen LogP contribution in [0.1, 0.15) is 25.5 Å². The lowest BCUT2D eigenvalue weighted by Gasteiger charge is -2.12. The standard InChI is InChI=1S/C12H16FNO3/c1-7(12(14)16)6-17-9-3-4-10(8(2)15)11(13)5-9/h3-5,7-8,15H,6H2,1-2H3,(H2,14,16)/t7?,8-/m1/s1. The molecule has 0 spiro atoms. The number of hydrogen-bond donors (Lipinski definition) is 2. The third-order valence-corrected chi connectivity index (χ3v) is 2.41. The van der Waals surface area contributed by atoms with E-state index in [9.17, 15) is 14.3 Å². The molecule has 94 valence electrons. The summed E-state index contributed by atoms with van der Waals surface area (Å²) in [6.07, 6.45) is -0.867. The summed E-state index contributed by atoms with van der Waals surface area (Å²) in [6, 6.07) is 4.17. The average molecular weight is 241 g/mol. The molecule has 4 nitrogen and oxygen atoms in total. The summed E-state index contributed by atoms with van der Waals surface area (Å²) < 4.78 is 18.7. The second-order valence-electron chi connectivity index (χ2n) is 3.97. The number of nitrogens with two attached hydrogens (primary N) is 1. The molecular formula is C12H16FNO3. The predicted molar refractivity (Wildman–Crippen MR) is 60.9 cm³/mol. The van der Waals surface area contributed by atoms with Crippen molar-refractivity contribution in [3.05, 3.63) is 29.6 Å². The van der Waals surface area contributed by atoms with Crippen molar-refractivity contribution in [2.24, 2.45) is 11.7 Å². The van der Waals surface area contributed by atoms with Gasteiger partial charge in [-0.05, 0) is 19.1 Å². The second-order valence-corrected chi connectivity index (χ2v) is 3.97. The third-order valence-electron chi connectivity index (χ3n) is 2.41. The van der Waals surface area contributed by atoms with E-state index in [1.165, 1.54) is 19.1 Å². The van der Waals surface area contributed by atoms with Crippen molar-refractivity contribution < 1.29 is 19.0 Å². The Kier molecular flexibility index (Phi) is 4.45. The Hall–Kier alpha value is -1.62. The van der Waals surface area contributed by atoms with Crippen LogP contribution in [0.25, 0.3) is 0 Å². The minimum atomic E-state index is -0.867. The highest BCUT2D eigenvalue weighted by molar-refractivity contribution is 5.76. The fraction of sp³-hybridized carbons (Fsp3) is 0.417. The quantitative estimate of drug-likeness (QED) is 0.818. The summed E-state index contributed by atoms with van der Waals surface area (Å²) in [5.41, 5.74) is 5.28. The van der Waals surface area contributed by atoms with Gasteiger partial charge < -0.3 is 15.6 Å². The van der Waals surface area contributed by atoms with Crippen LogP contribution in [0.4, 0.5) is 4.39 Å². The number of carbonyl (C=O) groups excluding carboxylic acids is 1. The monoisotopic (exact) mass is 241 g/mol. The van der Waals surface area contributed by atoms with Gasteiger partial charge in [0.15, 0.2) is 0 Å². The van der Waals surface area contributed by atoms with Crippen molar-refractivity contribution >= 4 is 5.91 Å². The number of aliphatic hydroxyl groups excluding tert-OH is 1. The minimum Gasteiger partial charge on any atom is -0.493 e. The van der Waals surface area contributed by atoms with Crippen LogP contribution in [0.5, 0.6) is 5.75 Å². The van der Waals surface area contributed by atoms with Crippen LogP contribution < -0.4 is 10.5 Å². The van der Waals surface area contributed by atoms with Crippen molar-refractivity contribution in [1.82, 2.24) is 0 Å². The molecule has 0 aromatic heterocycles. The van der Waals surface area contributed by atoms with Crippen molar-refractivity contribution in [3.63, 3.8) is 0 Å². The zero-order chi connectivity index (χ0) is 13.0. The first-order chi connectivity index (χ1) is 7.91. The van der Waals surface area contributed by atoms with Crippen LogP contribution in [0.2, 0.25) is 0 Å². The van der Waals surface area contributed by atoms with Crippen LogP contribution >= 0.6 is 0 Å². The number of amides is 1. The number of hydrogen-bond acceptors (Lipinski definition) is 3. The largest absolute Gasteiger partial charge is 0.493 e. The maximum atomic E-state index is 13.5. The molecule has 1 rings (SSSR count). The van der Waals surface area contributed by atoms with Crippen molar-refractivity contribution in [3.8, 4) is 5.75 Å². The van der Waals surface area contributed by atoms with Gasteiger partial charge in [0.05, 0.1) is 18.6 Å². The van der Waals surface area contributed by atoms with E-state index in [2.05, 4.69) is 0 Å². The molecule has 3 N–H and O–H groups in total. The maximum absolute atomic E-state index is 13.5. The van der Waals surface area contributed by atoms with E-state index in [0.717, 1.165) is 0 Å². The smallest absolute Gasteiger partial charge is 0.223 e. The maximum Gasteiger partial charge on any atom is 0.223 e. The Morgan fingerprint density at radius 2 is 2.18 bits per heavy atom. The number of primary amides is 1. The molecule has 1 aromatic rings. The highest BCUT2D eigenvalue weighted by Gasteiger charge is 2.12. The third kappa shape index (κ3) is 3.71. The first kappa shape index (κ1) is 13.4. The summed E-state index contributed by atoms with van der Waals surface area (Å²) in [7, 11) is 0. The first-order valence-corrected chi connectivity index (χ1v) is 5.31. The Balaban J connectivity index is 2.68.